The van der Waals surface area contributed by atoms with Gasteiger partial charge in [0.15, 0.2) is 0 Å². The molecule has 0 saturated carbocycles. The number of carboxylic acids is 1. The van der Waals surface area contributed by atoms with Crippen LogP contribution in [0.2, 0.25) is 0 Å². The number of carboxylic acid groups (broad SMARTS) is 1. The Morgan fingerprint density at radius 2 is 2.14 bits per heavy atom. The molecule has 0 unspecified atom stereocenters. The van der Waals surface area contributed by atoms with E-state index in [1.165, 1.54) is 4.57 Å². The molecule has 118 valence electrons. The van der Waals surface area contributed by atoms with Crippen molar-refractivity contribution in [3.05, 3.63) is 34.2 Å². The van der Waals surface area contributed by atoms with E-state index in [2.05, 4.69) is 10.3 Å². The van der Waals surface area contributed by atoms with Crippen molar-refractivity contribution in [2.24, 2.45) is 7.05 Å². The van der Waals surface area contributed by atoms with Gasteiger partial charge in [0, 0.05) is 12.6 Å². The van der Waals surface area contributed by atoms with Gasteiger partial charge in [0.2, 0.25) is 0 Å². The molecule has 0 aliphatic heterocycles. The number of benzene rings is 1. The summed E-state index contributed by atoms with van der Waals surface area (Å²) in [5.41, 5.74) is 1.28. The Hall–Kier alpha value is -2.57. The molecule has 0 radical (unpaired) electrons. The Balaban J connectivity index is 2.23. The summed E-state index contributed by atoms with van der Waals surface area (Å²) < 4.78 is 1.40. The molecule has 0 aliphatic carbocycles. The van der Waals surface area contributed by atoms with Crippen LogP contribution in [0.1, 0.15) is 36.5 Å². The third-order valence-electron chi connectivity index (χ3n) is 3.62. The number of nitrogens with zero attached hydrogens (tertiary/aromatic N) is 1. The molecule has 2 rings (SSSR count). The third kappa shape index (κ3) is 3.19. The Morgan fingerprint density at radius 3 is 2.77 bits per heavy atom. The van der Waals surface area contributed by atoms with Crippen molar-refractivity contribution in [1.29, 1.82) is 0 Å². The quantitative estimate of drug-likeness (QED) is 0.746. The van der Waals surface area contributed by atoms with Crippen LogP contribution in [0.3, 0.4) is 0 Å². The Bertz CT molecular complexity index is 760. The van der Waals surface area contributed by atoms with Gasteiger partial charge in [-0.1, -0.05) is 19.8 Å². The number of fused-ring (bicyclic) bond motifs is 1. The van der Waals surface area contributed by atoms with Gasteiger partial charge in [-0.25, -0.2) is 9.59 Å². The number of hydrogen-bond donors (Lipinski definition) is 3. The summed E-state index contributed by atoms with van der Waals surface area (Å²) in [7, 11) is 1.60. The summed E-state index contributed by atoms with van der Waals surface area (Å²) in [4.78, 5) is 37.6. The lowest BCUT2D eigenvalue weighted by atomic mass is 10.1. The molecule has 7 nitrogen and oxygen atoms in total. The zero-order valence-corrected chi connectivity index (χ0v) is 12.5. The lowest BCUT2D eigenvalue weighted by Crippen LogP contribution is -2.40. The van der Waals surface area contributed by atoms with E-state index in [-0.39, 0.29) is 5.69 Å². The molecule has 3 N–H and O–H groups in total. The highest BCUT2D eigenvalue weighted by molar-refractivity contribution is 5.99. The summed E-state index contributed by atoms with van der Waals surface area (Å²) in [6, 6.07) is 3.86. The molecule has 0 bridgehead atoms. The molecule has 1 aromatic heterocycles. The monoisotopic (exact) mass is 305 g/mol. The number of aromatic amines is 1. The van der Waals surface area contributed by atoms with Gasteiger partial charge >= 0.3 is 11.7 Å². The van der Waals surface area contributed by atoms with Gasteiger partial charge in [-0.2, -0.15) is 0 Å². The van der Waals surface area contributed by atoms with Gasteiger partial charge in [-0.05, 0) is 24.6 Å². The minimum absolute atomic E-state index is 0.265. The van der Waals surface area contributed by atoms with Gasteiger partial charge in [-0.15, -0.1) is 0 Å². The number of aliphatic carboxylic acids is 1. The van der Waals surface area contributed by atoms with Crippen LogP contribution in [0, 0.1) is 0 Å². The SMILES string of the molecule is CCCC[C@H](NC(=O)c1ccc2[nH]c(=O)n(C)c2c1)C(=O)O. The van der Waals surface area contributed by atoms with Gasteiger partial charge in [0.05, 0.1) is 11.0 Å². The molecule has 0 fully saturated rings. The molecule has 1 aromatic carbocycles. The summed E-state index contributed by atoms with van der Waals surface area (Å²) in [6.07, 6.45) is 1.97. The minimum atomic E-state index is -1.04. The van der Waals surface area contributed by atoms with E-state index in [9.17, 15) is 14.4 Å². The fourth-order valence-corrected chi connectivity index (χ4v) is 2.27. The maximum Gasteiger partial charge on any atom is 0.326 e. The van der Waals surface area contributed by atoms with Gasteiger partial charge in [0.25, 0.3) is 5.91 Å². The van der Waals surface area contributed by atoms with Crippen LogP contribution in [-0.4, -0.2) is 32.6 Å². The van der Waals surface area contributed by atoms with E-state index >= 15 is 0 Å². The number of nitrogens with one attached hydrogen (secondary N) is 2. The van der Waals surface area contributed by atoms with Gasteiger partial charge in [0.1, 0.15) is 6.04 Å². The Labute approximate surface area is 127 Å². The molecular weight excluding hydrogens is 286 g/mol. The zero-order valence-electron chi connectivity index (χ0n) is 12.5. The van der Waals surface area contributed by atoms with E-state index in [0.717, 1.165) is 12.8 Å². The lowest BCUT2D eigenvalue weighted by Gasteiger charge is -2.14. The second kappa shape index (κ2) is 6.46. The highest BCUT2D eigenvalue weighted by Gasteiger charge is 2.20. The number of imidazole rings is 1. The van der Waals surface area contributed by atoms with Crippen molar-refractivity contribution in [1.82, 2.24) is 14.9 Å². The normalized spacial score (nSPS) is 12.3. The van der Waals surface area contributed by atoms with Crippen LogP contribution < -0.4 is 11.0 Å². The number of aryl methyl sites for hydroxylation is 1. The van der Waals surface area contributed by atoms with Crippen molar-refractivity contribution in [2.75, 3.05) is 0 Å². The number of hydrogen-bond acceptors (Lipinski definition) is 3. The highest BCUT2D eigenvalue weighted by atomic mass is 16.4. The average molecular weight is 305 g/mol. The predicted octanol–water partition coefficient (Wildman–Crippen LogP) is 1.24. The summed E-state index contributed by atoms with van der Waals surface area (Å²) >= 11 is 0. The predicted molar refractivity (Wildman–Crippen MR) is 82.0 cm³/mol. The first-order chi connectivity index (χ1) is 10.4. The largest absolute Gasteiger partial charge is 0.480 e. The molecule has 0 saturated heterocycles. The number of aromatic nitrogens is 2. The van der Waals surface area contributed by atoms with Crippen molar-refractivity contribution in [2.45, 2.75) is 32.2 Å². The van der Waals surface area contributed by atoms with E-state index in [1.54, 1.807) is 25.2 Å². The van der Waals surface area contributed by atoms with Crippen molar-refractivity contribution in [3.63, 3.8) is 0 Å². The van der Waals surface area contributed by atoms with Crippen LogP contribution in [0.5, 0.6) is 0 Å². The summed E-state index contributed by atoms with van der Waals surface area (Å²) in [6.45, 7) is 1.96. The van der Waals surface area contributed by atoms with Crippen molar-refractivity contribution < 1.29 is 14.7 Å². The molecule has 1 amide bonds. The van der Waals surface area contributed by atoms with E-state index in [4.69, 9.17) is 5.11 Å². The highest BCUT2D eigenvalue weighted by Crippen LogP contribution is 2.12. The number of carbonyl (C=O) groups is 2. The number of carbonyl (C=O) groups excluding carboxylic acids is 1. The number of rotatable bonds is 6. The van der Waals surface area contributed by atoms with Crippen LogP contribution in [0.25, 0.3) is 11.0 Å². The number of unbranched alkanes of at least 4 members (excludes halogenated alkanes) is 1. The van der Waals surface area contributed by atoms with E-state index < -0.39 is 17.9 Å². The molecule has 0 aliphatic rings. The minimum Gasteiger partial charge on any atom is -0.480 e. The zero-order chi connectivity index (χ0) is 16.3. The van der Waals surface area contributed by atoms with Crippen LogP contribution in [0.4, 0.5) is 0 Å². The average Bonchev–Trinajstić information content (AvgIpc) is 2.77. The lowest BCUT2D eigenvalue weighted by molar-refractivity contribution is -0.139. The molecular formula is C15H19N3O4. The smallest absolute Gasteiger partial charge is 0.326 e. The third-order valence-corrected chi connectivity index (χ3v) is 3.62. The fourth-order valence-electron chi connectivity index (χ4n) is 2.27. The topological polar surface area (TPSA) is 104 Å². The molecule has 2 aromatic rings. The first-order valence-electron chi connectivity index (χ1n) is 7.16. The van der Waals surface area contributed by atoms with Crippen LogP contribution >= 0.6 is 0 Å². The van der Waals surface area contributed by atoms with Crippen LogP contribution in [-0.2, 0) is 11.8 Å². The maximum absolute atomic E-state index is 12.2. The first-order valence-corrected chi connectivity index (χ1v) is 7.16. The maximum atomic E-state index is 12.2. The molecule has 1 heterocycles. The number of H-pyrrole nitrogens is 1. The number of amides is 1. The first kappa shape index (κ1) is 15.8. The summed E-state index contributed by atoms with van der Waals surface area (Å²) in [5.74, 6) is -1.50. The Morgan fingerprint density at radius 1 is 1.41 bits per heavy atom. The van der Waals surface area contributed by atoms with Crippen LogP contribution in [0.15, 0.2) is 23.0 Å². The molecule has 1 atom stereocenters. The molecule has 7 heteroatoms. The second-order valence-corrected chi connectivity index (χ2v) is 5.23. The second-order valence-electron chi connectivity index (χ2n) is 5.23. The van der Waals surface area contributed by atoms with E-state index in [0.29, 0.717) is 23.0 Å². The summed E-state index contributed by atoms with van der Waals surface area (Å²) in [5, 5.41) is 11.7. The fraction of sp³-hybridized carbons (Fsp3) is 0.400. The van der Waals surface area contributed by atoms with Crippen molar-refractivity contribution in [3.8, 4) is 0 Å². The van der Waals surface area contributed by atoms with E-state index in [1.807, 2.05) is 6.92 Å². The Kier molecular flexibility index (Phi) is 4.65. The molecule has 0 spiro atoms. The standard InChI is InChI=1S/C15H19N3O4/c1-3-4-5-11(14(20)21)16-13(19)9-6-7-10-12(8-9)18(2)15(22)17-10/h6-8,11H,3-5H2,1-2H3,(H,16,19)(H,17,22)(H,20,21)/t11-/m0/s1. The van der Waals surface area contributed by atoms with Gasteiger partial charge in [-0.3, -0.25) is 9.36 Å². The van der Waals surface area contributed by atoms with Gasteiger partial charge < -0.3 is 15.4 Å². The van der Waals surface area contributed by atoms with Crippen molar-refractivity contribution >= 4 is 22.9 Å². The molecule has 22 heavy (non-hydrogen) atoms.